The number of nitrogens with zero attached hydrogens (tertiary/aromatic N) is 2. The maximum absolute atomic E-state index is 13.7. The van der Waals surface area contributed by atoms with E-state index in [1.165, 1.54) is 11.6 Å². The van der Waals surface area contributed by atoms with E-state index < -0.39 is 0 Å². The zero-order chi connectivity index (χ0) is 17.9. The average molecular weight is 352 g/mol. The standard InChI is InChI=1S/C22H25FN2O/c23-21-9-5-4-8-18(21)10-11-24-12-14-25(15-13-24)22(26)20-16-19(20)17-6-2-1-3-7-17/h1-9,19-20H,10-16H2. The van der Waals surface area contributed by atoms with Crippen LogP contribution in [-0.2, 0) is 11.2 Å². The van der Waals surface area contributed by atoms with Crippen molar-refractivity contribution in [2.75, 3.05) is 32.7 Å². The second kappa shape index (κ2) is 7.58. The van der Waals surface area contributed by atoms with E-state index in [0.29, 0.717) is 11.8 Å². The quantitative estimate of drug-likeness (QED) is 0.824. The minimum atomic E-state index is -0.123. The summed E-state index contributed by atoms with van der Waals surface area (Å²) in [4.78, 5) is 17.1. The van der Waals surface area contributed by atoms with Gasteiger partial charge in [-0.2, -0.15) is 0 Å². The highest BCUT2D eigenvalue weighted by Crippen LogP contribution is 2.48. The van der Waals surface area contributed by atoms with E-state index in [1.807, 2.05) is 35.2 Å². The van der Waals surface area contributed by atoms with E-state index in [2.05, 4.69) is 17.0 Å². The molecule has 0 bridgehead atoms. The van der Waals surface area contributed by atoms with Gasteiger partial charge in [-0.15, -0.1) is 0 Å². The first-order valence-corrected chi connectivity index (χ1v) is 9.52. The second-order valence-electron chi connectivity index (χ2n) is 7.37. The van der Waals surface area contributed by atoms with Gasteiger partial charge in [0.2, 0.25) is 5.91 Å². The highest BCUT2D eigenvalue weighted by Gasteiger charge is 2.45. The monoisotopic (exact) mass is 352 g/mol. The molecular formula is C22H25FN2O. The molecule has 2 atom stereocenters. The van der Waals surface area contributed by atoms with Gasteiger partial charge in [-0.3, -0.25) is 9.69 Å². The highest BCUT2D eigenvalue weighted by molar-refractivity contribution is 5.83. The minimum absolute atomic E-state index is 0.123. The molecule has 0 radical (unpaired) electrons. The fourth-order valence-electron chi connectivity index (χ4n) is 3.94. The zero-order valence-electron chi connectivity index (χ0n) is 15.0. The van der Waals surface area contributed by atoms with Crippen LogP contribution in [0, 0.1) is 11.7 Å². The van der Waals surface area contributed by atoms with Gasteiger partial charge in [0.25, 0.3) is 0 Å². The summed E-state index contributed by atoms with van der Waals surface area (Å²) in [6.07, 6.45) is 1.70. The molecule has 2 fully saturated rings. The number of rotatable bonds is 5. The van der Waals surface area contributed by atoms with Crippen molar-refractivity contribution < 1.29 is 9.18 Å². The largest absolute Gasteiger partial charge is 0.340 e. The summed E-state index contributed by atoms with van der Waals surface area (Å²) in [5, 5.41) is 0. The lowest BCUT2D eigenvalue weighted by Crippen LogP contribution is -2.49. The molecule has 1 saturated heterocycles. The van der Waals surface area contributed by atoms with E-state index in [-0.39, 0.29) is 11.7 Å². The SMILES string of the molecule is O=C(C1CC1c1ccccc1)N1CCN(CCc2ccccc2F)CC1. The summed E-state index contributed by atoms with van der Waals surface area (Å²) in [5.74, 6) is 0.764. The van der Waals surface area contributed by atoms with Crippen LogP contribution in [-0.4, -0.2) is 48.4 Å². The Morgan fingerprint density at radius 2 is 1.65 bits per heavy atom. The van der Waals surface area contributed by atoms with Crippen LogP contribution in [0.2, 0.25) is 0 Å². The lowest BCUT2D eigenvalue weighted by atomic mass is 10.1. The first-order valence-electron chi connectivity index (χ1n) is 9.52. The van der Waals surface area contributed by atoms with Gasteiger partial charge in [0.1, 0.15) is 5.82 Å². The number of carbonyl (C=O) groups is 1. The van der Waals surface area contributed by atoms with Crippen LogP contribution in [0.25, 0.3) is 0 Å². The predicted octanol–water partition coefficient (Wildman–Crippen LogP) is 3.32. The molecule has 1 saturated carbocycles. The Morgan fingerprint density at radius 1 is 0.962 bits per heavy atom. The maximum Gasteiger partial charge on any atom is 0.226 e. The Morgan fingerprint density at radius 3 is 2.38 bits per heavy atom. The number of piperazine rings is 1. The predicted molar refractivity (Wildman–Crippen MR) is 100 cm³/mol. The number of carbonyl (C=O) groups excluding carboxylic acids is 1. The van der Waals surface area contributed by atoms with Gasteiger partial charge in [-0.25, -0.2) is 4.39 Å². The first-order chi connectivity index (χ1) is 12.7. The molecule has 0 spiro atoms. The number of benzene rings is 2. The van der Waals surface area contributed by atoms with E-state index in [1.54, 1.807) is 6.07 Å². The Kier molecular flexibility index (Phi) is 5.02. The molecule has 136 valence electrons. The molecule has 4 rings (SSSR count). The van der Waals surface area contributed by atoms with Gasteiger partial charge in [-0.1, -0.05) is 48.5 Å². The molecule has 2 aromatic carbocycles. The fourth-order valence-corrected chi connectivity index (χ4v) is 3.94. The third kappa shape index (κ3) is 3.80. The molecule has 1 aliphatic carbocycles. The fraction of sp³-hybridized carbons (Fsp3) is 0.409. The van der Waals surface area contributed by atoms with Crippen molar-refractivity contribution in [3.63, 3.8) is 0 Å². The third-order valence-corrected chi connectivity index (χ3v) is 5.67. The van der Waals surface area contributed by atoms with Crippen LogP contribution in [0.5, 0.6) is 0 Å². The van der Waals surface area contributed by atoms with E-state index in [9.17, 15) is 9.18 Å². The van der Waals surface area contributed by atoms with Gasteiger partial charge in [0.05, 0.1) is 0 Å². The Bertz CT molecular complexity index is 756. The van der Waals surface area contributed by atoms with Crippen molar-refractivity contribution >= 4 is 5.91 Å². The molecule has 0 N–H and O–H groups in total. The lowest BCUT2D eigenvalue weighted by molar-refractivity contribution is -0.134. The van der Waals surface area contributed by atoms with Crippen molar-refractivity contribution in [3.8, 4) is 0 Å². The average Bonchev–Trinajstić information content (AvgIpc) is 3.49. The molecule has 2 aliphatic rings. The summed E-state index contributed by atoms with van der Waals surface area (Å²) in [6.45, 7) is 4.17. The van der Waals surface area contributed by atoms with E-state index >= 15 is 0 Å². The number of halogens is 1. The minimum Gasteiger partial charge on any atom is -0.340 e. The van der Waals surface area contributed by atoms with Crippen molar-refractivity contribution in [1.29, 1.82) is 0 Å². The summed E-state index contributed by atoms with van der Waals surface area (Å²) in [7, 11) is 0. The molecule has 0 aromatic heterocycles. The third-order valence-electron chi connectivity index (χ3n) is 5.67. The van der Waals surface area contributed by atoms with Gasteiger partial charge in [-0.05, 0) is 36.0 Å². The Labute approximate surface area is 154 Å². The smallest absolute Gasteiger partial charge is 0.226 e. The molecule has 4 heteroatoms. The van der Waals surface area contributed by atoms with Crippen molar-refractivity contribution in [3.05, 3.63) is 71.5 Å². The molecule has 1 heterocycles. The van der Waals surface area contributed by atoms with Crippen molar-refractivity contribution in [1.82, 2.24) is 9.80 Å². The summed E-state index contributed by atoms with van der Waals surface area (Å²) >= 11 is 0. The second-order valence-corrected chi connectivity index (χ2v) is 7.37. The van der Waals surface area contributed by atoms with Crippen LogP contribution in [0.3, 0.4) is 0 Å². The first kappa shape index (κ1) is 17.2. The molecule has 2 unspecified atom stereocenters. The van der Waals surface area contributed by atoms with Crippen LogP contribution in [0.4, 0.5) is 4.39 Å². The molecular weight excluding hydrogens is 327 g/mol. The van der Waals surface area contributed by atoms with Gasteiger partial charge in [0.15, 0.2) is 0 Å². The Balaban J connectivity index is 1.24. The molecule has 1 aliphatic heterocycles. The molecule has 1 amide bonds. The molecule has 26 heavy (non-hydrogen) atoms. The van der Waals surface area contributed by atoms with Crippen molar-refractivity contribution in [2.24, 2.45) is 5.92 Å². The van der Waals surface area contributed by atoms with Gasteiger partial charge >= 0.3 is 0 Å². The van der Waals surface area contributed by atoms with Crippen LogP contribution < -0.4 is 0 Å². The van der Waals surface area contributed by atoms with Crippen LogP contribution in [0.15, 0.2) is 54.6 Å². The summed E-state index contributed by atoms with van der Waals surface area (Å²) in [5.41, 5.74) is 2.06. The summed E-state index contributed by atoms with van der Waals surface area (Å²) in [6, 6.07) is 17.3. The van der Waals surface area contributed by atoms with Crippen LogP contribution in [0.1, 0.15) is 23.5 Å². The zero-order valence-corrected chi connectivity index (χ0v) is 15.0. The summed E-state index contributed by atoms with van der Waals surface area (Å²) < 4.78 is 13.7. The lowest BCUT2D eigenvalue weighted by Gasteiger charge is -2.35. The Hall–Kier alpha value is -2.20. The van der Waals surface area contributed by atoms with E-state index in [4.69, 9.17) is 0 Å². The highest BCUT2D eigenvalue weighted by atomic mass is 19.1. The number of amides is 1. The molecule has 3 nitrogen and oxygen atoms in total. The van der Waals surface area contributed by atoms with Crippen LogP contribution >= 0.6 is 0 Å². The molecule has 2 aromatic rings. The normalized spacial score (nSPS) is 23.0. The van der Waals surface area contributed by atoms with Crippen molar-refractivity contribution in [2.45, 2.75) is 18.8 Å². The van der Waals surface area contributed by atoms with Gasteiger partial charge in [0, 0.05) is 38.6 Å². The maximum atomic E-state index is 13.7. The topological polar surface area (TPSA) is 23.6 Å². The number of hydrogen-bond donors (Lipinski definition) is 0. The number of hydrogen-bond acceptors (Lipinski definition) is 2. The van der Waals surface area contributed by atoms with E-state index in [0.717, 1.165) is 51.1 Å². The van der Waals surface area contributed by atoms with Gasteiger partial charge < -0.3 is 4.90 Å².